The monoisotopic (exact) mass is 400 g/mol. The molecule has 2 aromatic rings. The van der Waals surface area contributed by atoms with Crippen LogP contribution in [0.25, 0.3) is 11.0 Å². The lowest BCUT2D eigenvalue weighted by Gasteiger charge is -2.12. The van der Waals surface area contributed by atoms with E-state index in [0.717, 1.165) is 0 Å². The summed E-state index contributed by atoms with van der Waals surface area (Å²) in [6, 6.07) is 2.72. The molecule has 0 amide bonds. The Hall–Kier alpha value is -2.12. The van der Waals surface area contributed by atoms with Gasteiger partial charge in [0.15, 0.2) is 5.69 Å². The maximum atomic E-state index is 12.7. The molecule has 0 aliphatic rings. The maximum absolute atomic E-state index is 12.7. The zero-order valence-electron chi connectivity index (χ0n) is 14.5. The number of esters is 2. The average Bonchev–Trinajstić information content (AvgIpc) is 2.54. The third kappa shape index (κ3) is 4.53. The molecule has 1 aromatic carbocycles. The van der Waals surface area contributed by atoms with Crippen molar-refractivity contribution in [2.45, 2.75) is 33.8 Å². The van der Waals surface area contributed by atoms with Crippen LogP contribution in [0.4, 0.5) is 0 Å². The molecule has 0 aliphatic heterocycles. The summed E-state index contributed by atoms with van der Waals surface area (Å²) >= 11 is 11.9. The van der Waals surface area contributed by atoms with Crippen molar-refractivity contribution in [1.29, 1.82) is 0 Å². The highest BCUT2D eigenvalue weighted by Crippen LogP contribution is 2.26. The van der Waals surface area contributed by atoms with Crippen LogP contribution in [-0.2, 0) is 20.9 Å². The summed E-state index contributed by atoms with van der Waals surface area (Å²) in [7, 11) is 0. The van der Waals surface area contributed by atoms with E-state index >= 15 is 0 Å². The van der Waals surface area contributed by atoms with Gasteiger partial charge in [-0.3, -0.25) is 4.79 Å². The Labute approximate surface area is 160 Å². The average molecular weight is 401 g/mol. The number of hydrogen-bond donors (Lipinski definition) is 0. The molecule has 2 rings (SSSR count). The summed E-state index contributed by atoms with van der Waals surface area (Å²) in [6.07, 6.45) is 0.209. The second-order valence-electron chi connectivity index (χ2n) is 5.94. The number of nitrogens with zero attached hydrogens (tertiary/aromatic N) is 2. The molecule has 0 atom stereocenters. The molecule has 0 saturated carbocycles. The van der Waals surface area contributed by atoms with Crippen molar-refractivity contribution in [3.05, 3.63) is 38.8 Å². The van der Waals surface area contributed by atoms with Crippen molar-refractivity contribution in [2.75, 3.05) is 6.61 Å². The normalized spacial score (nSPS) is 11.0. The molecule has 9 heteroatoms. The van der Waals surface area contributed by atoms with Gasteiger partial charge in [0, 0.05) is 12.5 Å². The van der Waals surface area contributed by atoms with Crippen LogP contribution in [-0.4, -0.2) is 23.5 Å². The number of benzene rings is 1. The van der Waals surface area contributed by atoms with E-state index in [1.807, 2.05) is 13.8 Å². The highest BCUT2D eigenvalue weighted by molar-refractivity contribution is 6.42. The lowest BCUT2D eigenvalue weighted by Crippen LogP contribution is -2.39. The molecule has 7 nitrogen and oxygen atoms in total. The van der Waals surface area contributed by atoms with E-state index in [1.165, 1.54) is 12.1 Å². The lowest BCUT2D eigenvalue weighted by molar-refractivity contribution is -0.581. The van der Waals surface area contributed by atoms with Crippen molar-refractivity contribution in [3.8, 4) is 0 Å². The van der Waals surface area contributed by atoms with Gasteiger partial charge in [-0.05, 0) is 18.9 Å². The molecule has 0 bridgehead atoms. The molecule has 26 heavy (non-hydrogen) atoms. The fourth-order valence-electron chi connectivity index (χ4n) is 2.26. The van der Waals surface area contributed by atoms with E-state index in [0.29, 0.717) is 4.73 Å². The summed E-state index contributed by atoms with van der Waals surface area (Å²) in [5.41, 5.74) is -0.0893. The number of aromatic nitrogens is 2. The first kappa shape index (κ1) is 20.2. The van der Waals surface area contributed by atoms with Gasteiger partial charge in [-0.15, -0.1) is 0 Å². The second kappa shape index (κ2) is 8.51. The van der Waals surface area contributed by atoms with Crippen LogP contribution in [0.15, 0.2) is 12.1 Å². The van der Waals surface area contributed by atoms with Crippen molar-refractivity contribution < 1.29 is 23.8 Å². The summed E-state index contributed by atoms with van der Waals surface area (Å²) < 4.78 is 10.4. The molecular formula is C17H18Cl2N2O5. The fourth-order valence-corrected chi connectivity index (χ4v) is 2.57. The van der Waals surface area contributed by atoms with Gasteiger partial charge >= 0.3 is 17.6 Å². The summed E-state index contributed by atoms with van der Waals surface area (Å²) in [4.78, 5) is 28.3. The quantitative estimate of drug-likeness (QED) is 0.418. The largest absolute Gasteiger partial charge is 0.618 e. The van der Waals surface area contributed by atoms with Crippen molar-refractivity contribution in [1.82, 2.24) is 4.98 Å². The highest BCUT2D eigenvalue weighted by Gasteiger charge is 2.29. The number of fused-ring (bicyclic) bond motifs is 1. The van der Waals surface area contributed by atoms with Crippen LogP contribution in [0.3, 0.4) is 0 Å². The fraction of sp³-hybridized carbons (Fsp3) is 0.412. The number of halogens is 2. The molecule has 0 aliphatic carbocycles. The highest BCUT2D eigenvalue weighted by atomic mass is 35.5. The predicted molar refractivity (Wildman–Crippen MR) is 95.9 cm³/mol. The number of carbonyl (C=O) groups excluding carboxylic acids is 2. The Balaban J connectivity index is 2.51. The van der Waals surface area contributed by atoms with E-state index in [4.69, 9.17) is 32.7 Å². The van der Waals surface area contributed by atoms with Gasteiger partial charge in [-0.2, -0.15) is 4.73 Å². The first-order valence-corrected chi connectivity index (χ1v) is 8.74. The SMILES string of the molecule is CCOC(=O)c1c(COC(=O)CC(C)C)nc2cc(Cl)c(Cl)cc2[n+]1[O-]. The van der Waals surface area contributed by atoms with Gasteiger partial charge in [-0.25, -0.2) is 9.78 Å². The van der Waals surface area contributed by atoms with E-state index in [9.17, 15) is 14.8 Å². The Morgan fingerprint density at radius 2 is 1.88 bits per heavy atom. The zero-order chi connectivity index (χ0) is 19.4. The molecule has 0 fully saturated rings. The number of hydrogen-bond acceptors (Lipinski definition) is 6. The van der Waals surface area contributed by atoms with Crippen LogP contribution in [0, 0.1) is 11.1 Å². The second-order valence-corrected chi connectivity index (χ2v) is 6.75. The minimum atomic E-state index is -0.863. The van der Waals surface area contributed by atoms with E-state index in [1.54, 1.807) is 6.92 Å². The molecule has 0 unspecified atom stereocenters. The van der Waals surface area contributed by atoms with Gasteiger partial charge in [-0.1, -0.05) is 37.0 Å². The first-order chi connectivity index (χ1) is 12.2. The number of rotatable bonds is 6. The first-order valence-electron chi connectivity index (χ1n) is 7.98. The minimum absolute atomic E-state index is 0.0126. The molecule has 1 aromatic heterocycles. The third-order valence-corrected chi connectivity index (χ3v) is 4.10. The standard InChI is InChI=1S/C17H18Cl2N2O5/c1-4-25-17(23)16-13(8-26-15(22)5-9(2)3)20-12-6-10(18)11(19)7-14(12)21(16)24/h6-7,9H,4-5,8H2,1-3H3. The van der Waals surface area contributed by atoms with Crippen molar-refractivity contribution in [2.24, 2.45) is 5.92 Å². The number of carbonyl (C=O) groups is 2. The van der Waals surface area contributed by atoms with Crippen molar-refractivity contribution in [3.63, 3.8) is 0 Å². The topological polar surface area (TPSA) is 92.4 Å². The molecule has 0 spiro atoms. The van der Waals surface area contributed by atoms with Gasteiger partial charge in [0.1, 0.15) is 12.1 Å². The Morgan fingerprint density at radius 3 is 2.50 bits per heavy atom. The molecule has 140 valence electrons. The summed E-state index contributed by atoms with van der Waals surface area (Å²) in [5.74, 6) is -1.21. The van der Waals surface area contributed by atoms with Crippen LogP contribution < -0.4 is 4.73 Å². The van der Waals surface area contributed by atoms with Gasteiger partial charge in [0.25, 0.3) is 0 Å². The maximum Gasteiger partial charge on any atom is 0.407 e. The molecule has 1 heterocycles. The molecule has 0 radical (unpaired) electrons. The molecule has 0 N–H and O–H groups in total. The van der Waals surface area contributed by atoms with E-state index in [2.05, 4.69) is 4.98 Å². The summed E-state index contributed by atoms with van der Waals surface area (Å²) in [6.45, 7) is 5.09. The van der Waals surface area contributed by atoms with Gasteiger partial charge in [0.2, 0.25) is 5.52 Å². The molecule has 0 saturated heterocycles. The number of ether oxygens (including phenoxy) is 2. The minimum Gasteiger partial charge on any atom is -0.618 e. The van der Waals surface area contributed by atoms with Crippen LogP contribution in [0.5, 0.6) is 0 Å². The van der Waals surface area contributed by atoms with Crippen LogP contribution in [0.2, 0.25) is 10.0 Å². The molecular weight excluding hydrogens is 383 g/mol. The van der Waals surface area contributed by atoms with E-state index in [-0.39, 0.29) is 58.0 Å². The van der Waals surface area contributed by atoms with E-state index < -0.39 is 11.9 Å². The zero-order valence-corrected chi connectivity index (χ0v) is 16.1. The lowest BCUT2D eigenvalue weighted by atomic mass is 10.1. The Kier molecular flexibility index (Phi) is 6.61. The van der Waals surface area contributed by atoms with Gasteiger partial charge in [0.05, 0.1) is 16.7 Å². The summed E-state index contributed by atoms with van der Waals surface area (Å²) in [5, 5.41) is 13.0. The Bertz CT molecular complexity index is 855. The van der Waals surface area contributed by atoms with Crippen molar-refractivity contribution >= 4 is 46.2 Å². The smallest absolute Gasteiger partial charge is 0.407 e. The third-order valence-electron chi connectivity index (χ3n) is 3.38. The van der Waals surface area contributed by atoms with Gasteiger partial charge < -0.3 is 14.7 Å². The van der Waals surface area contributed by atoms with Crippen LogP contribution in [0.1, 0.15) is 43.4 Å². The Morgan fingerprint density at radius 1 is 1.23 bits per heavy atom. The predicted octanol–water partition coefficient (Wildman–Crippen LogP) is 3.44. The van der Waals surface area contributed by atoms with Crippen LogP contribution >= 0.6 is 23.2 Å².